The van der Waals surface area contributed by atoms with E-state index in [0.29, 0.717) is 26.7 Å². The molecule has 0 bridgehead atoms. The van der Waals surface area contributed by atoms with E-state index in [0.717, 1.165) is 20.4 Å². The molecule has 8 nitrogen and oxygen atoms in total. The van der Waals surface area contributed by atoms with Crippen molar-refractivity contribution in [1.82, 2.24) is 25.1 Å². The standard InChI is InChI=1S/C25H17BrCl2N6O2S2/c26-14-5-8-16(9-6-14)34-21(12-29-23(36)17-10-7-15(27)11-18(17)28)32-33-25(34)37-13-22(35)31-24-30-19-3-1-2-4-20(19)38-24/h1-11H,12-13H2,(H,29,36)(H,30,31,35). The number of hydrogen-bond donors (Lipinski definition) is 2. The van der Waals surface area contributed by atoms with Crippen molar-refractivity contribution in [2.45, 2.75) is 11.7 Å². The number of carbonyl (C=O) groups excluding carboxylic acids is 2. The van der Waals surface area contributed by atoms with Gasteiger partial charge in [0.25, 0.3) is 5.91 Å². The number of amides is 2. The first-order valence-electron chi connectivity index (χ1n) is 11.1. The molecule has 0 aliphatic carbocycles. The molecule has 192 valence electrons. The summed E-state index contributed by atoms with van der Waals surface area (Å²) in [7, 11) is 0. The Kier molecular flexibility index (Phi) is 8.29. The SMILES string of the molecule is O=C(CSc1nnc(CNC(=O)c2ccc(Cl)cc2Cl)n1-c1ccc(Br)cc1)Nc1nc2ccccc2s1. The van der Waals surface area contributed by atoms with Crippen molar-refractivity contribution in [2.24, 2.45) is 0 Å². The highest BCUT2D eigenvalue weighted by atomic mass is 79.9. The van der Waals surface area contributed by atoms with Crippen LogP contribution in [0.15, 0.2) is 76.4 Å². The normalized spacial score (nSPS) is 11.0. The maximum absolute atomic E-state index is 12.7. The number of aromatic nitrogens is 4. The smallest absolute Gasteiger partial charge is 0.253 e. The quantitative estimate of drug-likeness (QED) is 0.184. The molecule has 5 aromatic rings. The summed E-state index contributed by atoms with van der Waals surface area (Å²) in [5.41, 5.74) is 1.91. The van der Waals surface area contributed by atoms with Gasteiger partial charge in [0.2, 0.25) is 5.91 Å². The second-order valence-corrected chi connectivity index (χ2v) is 11.6. The molecule has 13 heteroatoms. The second kappa shape index (κ2) is 11.8. The first kappa shape index (κ1) is 26.6. The van der Waals surface area contributed by atoms with Gasteiger partial charge in [0.05, 0.1) is 33.1 Å². The van der Waals surface area contributed by atoms with Gasteiger partial charge in [-0.1, -0.05) is 74.4 Å². The van der Waals surface area contributed by atoms with E-state index in [9.17, 15) is 9.59 Å². The van der Waals surface area contributed by atoms with Crippen LogP contribution in [-0.2, 0) is 11.3 Å². The average Bonchev–Trinajstić information content (AvgIpc) is 3.49. The molecule has 0 saturated heterocycles. The van der Waals surface area contributed by atoms with Crippen LogP contribution in [0.1, 0.15) is 16.2 Å². The summed E-state index contributed by atoms with van der Waals surface area (Å²) in [6.45, 7) is 0.0827. The van der Waals surface area contributed by atoms with Crippen molar-refractivity contribution >= 4 is 89.4 Å². The molecule has 0 spiro atoms. The van der Waals surface area contributed by atoms with Crippen LogP contribution < -0.4 is 10.6 Å². The van der Waals surface area contributed by atoms with E-state index in [2.05, 4.69) is 41.7 Å². The average molecular weight is 648 g/mol. The van der Waals surface area contributed by atoms with Gasteiger partial charge in [-0.15, -0.1) is 10.2 Å². The number of fused-ring (bicyclic) bond motifs is 1. The van der Waals surface area contributed by atoms with Crippen molar-refractivity contribution in [1.29, 1.82) is 0 Å². The fourth-order valence-corrected chi connectivity index (χ4v) is 5.91. The summed E-state index contributed by atoms with van der Waals surface area (Å²) >= 11 is 18.2. The minimum atomic E-state index is -0.374. The number of anilines is 1. The van der Waals surface area contributed by atoms with Crippen molar-refractivity contribution < 1.29 is 9.59 Å². The molecule has 2 aromatic heterocycles. The van der Waals surface area contributed by atoms with Crippen LogP contribution in [0, 0.1) is 0 Å². The summed E-state index contributed by atoms with van der Waals surface area (Å²) in [6, 6.07) is 19.9. The van der Waals surface area contributed by atoms with Crippen LogP contribution in [0.2, 0.25) is 10.0 Å². The topological polar surface area (TPSA) is 102 Å². The van der Waals surface area contributed by atoms with Crippen LogP contribution in [-0.4, -0.2) is 37.3 Å². The van der Waals surface area contributed by atoms with Gasteiger partial charge in [-0.3, -0.25) is 14.2 Å². The molecule has 2 N–H and O–H groups in total. The number of carbonyl (C=O) groups is 2. The van der Waals surface area contributed by atoms with Gasteiger partial charge in [0.15, 0.2) is 16.1 Å². The van der Waals surface area contributed by atoms with Crippen LogP contribution in [0.3, 0.4) is 0 Å². The van der Waals surface area contributed by atoms with E-state index in [1.807, 2.05) is 48.5 Å². The third-order valence-corrected chi connectivity index (χ3v) is 8.20. The molecule has 0 aliphatic rings. The van der Waals surface area contributed by atoms with Crippen molar-refractivity contribution in [2.75, 3.05) is 11.1 Å². The highest BCUT2D eigenvalue weighted by Crippen LogP contribution is 2.27. The number of thioether (sulfide) groups is 1. The van der Waals surface area contributed by atoms with E-state index >= 15 is 0 Å². The molecule has 0 saturated carbocycles. The monoisotopic (exact) mass is 646 g/mol. The van der Waals surface area contributed by atoms with Gasteiger partial charge in [-0.25, -0.2) is 4.98 Å². The van der Waals surface area contributed by atoms with Gasteiger partial charge < -0.3 is 10.6 Å². The number of rotatable bonds is 8. The van der Waals surface area contributed by atoms with Gasteiger partial charge in [-0.2, -0.15) is 0 Å². The molecule has 2 heterocycles. The lowest BCUT2D eigenvalue weighted by Gasteiger charge is -2.11. The molecule has 0 unspecified atom stereocenters. The van der Waals surface area contributed by atoms with Crippen molar-refractivity contribution in [3.05, 3.63) is 92.6 Å². The van der Waals surface area contributed by atoms with Crippen LogP contribution in [0.5, 0.6) is 0 Å². The maximum Gasteiger partial charge on any atom is 0.253 e. The predicted molar refractivity (Wildman–Crippen MR) is 156 cm³/mol. The zero-order chi connectivity index (χ0) is 26.6. The van der Waals surface area contributed by atoms with Crippen LogP contribution >= 0.6 is 62.2 Å². The number of halogens is 3. The first-order valence-corrected chi connectivity index (χ1v) is 14.4. The molecular weight excluding hydrogens is 631 g/mol. The van der Waals surface area contributed by atoms with Gasteiger partial charge in [-0.05, 0) is 54.6 Å². The summed E-state index contributed by atoms with van der Waals surface area (Å²) < 4.78 is 3.70. The lowest BCUT2D eigenvalue weighted by molar-refractivity contribution is -0.113. The van der Waals surface area contributed by atoms with E-state index in [4.69, 9.17) is 23.2 Å². The van der Waals surface area contributed by atoms with Crippen LogP contribution in [0.25, 0.3) is 15.9 Å². The second-order valence-electron chi connectivity index (χ2n) is 7.84. The Hall–Kier alpha value is -2.96. The Bertz CT molecular complexity index is 1610. The third-order valence-electron chi connectivity index (χ3n) is 5.24. The third kappa shape index (κ3) is 6.19. The van der Waals surface area contributed by atoms with Crippen molar-refractivity contribution in [3.8, 4) is 5.69 Å². The highest BCUT2D eigenvalue weighted by molar-refractivity contribution is 9.10. The zero-order valence-electron chi connectivity index (χ0n) is 19.3. The molecule has 0 atom stereocenters. The zero-order valence-corrected chi connectivity index (χ0v) is 24.1. The number of benzene rings is 3. The Balaban J connectivity index is 1.31. The molecule has 0 fully saturated rings. The molecule has 3 aromatic carbocycles. The molecule has 0 aliphatic heterocycles. The van der Waals surface area contributed by atoms with Gasteiger partial charge in [0.1, 0.15) is 0 Å². The lowest BCUT2D eigenvalue weighted by atomic mass is 10.2. The summed E-state index contributed by atoms with van der Waals surface area (Å²) in [4.78, 5) is 29.9. The van der Waals surface area contributed by atoms with E-state index in [-0.39, 0.29) is 29.1 Å². The van der Waals surface area contributed by atoms with Gasteiger partial charge >= 0.3 is 0 Å². The summed E-state index contributed by atoms with van der Waals surface area (Å²) in [5.74, 6) is -0.00920. The Morgan fingerprint density at radius 1 is 1.03 bits per heavy atom. The summed E-state index contributed by atoms with van der Waals surface area (Å²) in [5, 5.41) is 16.0. The Morgan fingerprint density at radius 3 is 2.58 bits per heavy atom. The largest absolute Gasteiger partial charge is 0.345 e. The van der Waals surface area contributed by atoms with E-state index < -0.39 is 0 Å². The van der Waals surface area contributed by atoms with E-state index in [1.165, 1.54) is 29.2 Å². The minimum Gasteiger partial charge on any atom is -0.345 e. The Labute approximate surface area is 243 Å². The van der Waals surface area contributed by atoms with Gasteiger partial charge in [0, 0.05) is 15.2 Å². The molecule has 2 amide bonds. The number of hydrogen-bond acceptors (Lipinski definition) is 7. The molecule has 5 rings (SSSR count). The molecule has 0 radical (unpaired) electrons. The number of para-hydroxylation sites is 1. The molecule has 38 heavy (non-hydrogen) atoms. The fourth-order valence-electron chi connectivity index (χ4n) is 3.50. The molecular formula is C25H17BrCl2N6O2S2. The lowest BCUT2D eigenvalue weighted by Crippen LogP contribution is -2.25. The number of nitrogens with one attached hydrogen (secondary N) is 2. The first-order chi connectivity index (χ1) is 18.4. The summed E-state index contributed by atoms with van der Waals surface area (Å²) in [6.07, 6.45) is 0. The number of nitrogens with zero attached hydrogens (tertiary/aromatic N) is 4. The Morgan fingerprint density at radius 2 is 1.82 bits per heavy atom. The fraction of sp³-hybridized carbons (Fsp3) is 0.0800. The minimum absolute atomic E-state index is 0.0827. The van der Waals surface area contributed by atoms with Crippen LogP contribution in [0.4, 0.5) is 5.13 Å². The predicted octanol–water partition coefficient (Wildman–Crippen LogP) is 6.61. The number of thiazole rings is 1. The van der Waals surface area contributed by atoms with E-state index in [1.54, 1.807) is 16.7 Å². The maximum atomic E-state index is 12.7. The highest BCUT2D eigenvalue weighted by Gasteiger charge is 2.18. The van der Waals surface area contributed by atoms with Crippen molar-refractivity contribution in [3.63, 3.8) is 0 Å².